The summed E-state index contributed by atoms with van der Waals surface area (Å²) in [5, 5.41) is 0. The van der Waals surface area contributed by atoms with Crippen LogP contribution in [0.25, 0.3) is 22.4 Å². The maximum Gasteiger partial charge on any atom is 0.296 e. The Kier molecular flexibility index (Phi) is 3.39. The Balaban J connectivity index is 2.45. The van der Waals surface area contributed by atoms with Crippen molar-refractivity contribution in [3.8, 4) is 11.3 Å². The number of aromatic nitrogens is 4. The van der Waals surface area contributed by atoms with Crippen molar-refractivity contribution >= 4 is 11.2 Å². The van der Waals surface area contributed by atoms with Gasteiger partial charge in [-0.3, -0.25) is 0 Å². The van der Waals surface area contributed by atoms with E-state index in [4.69, 9.17) is 4.98 Å². The maximum absolute atomic E-state index is 4.77. The molecule has 0 fully saturated rings. The highest BCUT2D eigenvalue weighted by atomic mass is 15.0. The molecule has 112 valence electrons. The van der Waals surface area contributed by atoms with Crippen LogP contribution in [0.4, 0.5) is 0 Å². The molecule has 2 aromatic heterocycles. The van der Waals surface area contributed by atoms with E-state index in [-0.39, 0.29) is 0 Å². The SMILES string of the molecule is Cc1cc(C)c(C)c(-c2c3nc(C)c(C)nc3nc[n+]2C)c1. The second kappa shape index (κ2) is 5.13. The van der Waals surface area contributed by atoms with Crippen LogP contribution < -0.4 is 4.57 Å². The molecule has 4 heteroatoms. The van der Waals surface area contributed by atoms with Crippen LogP contribution in [0.2, 0.25) is 0 Å². The van der Waals surface area contributed by atoms with Gasteiger partial charge in [0.2, 0.25) is 0 Å². The largest absolute Gasteiger partial charge is 0.296 e. The molecule has 0 saturated carbocycles. The molecule has 0 unspecified atom stereocenters. The van der Waals surface area contributed by atoms with Crippen molar-refractivity contribution < 1.29 is 4.57 Å². The number of rotatable bonds is 1. The Bertz CT molecular complexity index is 897. The zero-order valence-electron chi connectivity index (χ0n) is 14.0. The van der Waals surface area contributed by atoms with E-state index in [9.17, 15) is 0 Å². The average Bonchev–Trinajstić information content (AvgIpc) is 2.45. The highest BCUT2D eigenvalue weighted by Gasteiger charge is 2.20. The highest BCUT2D eigenvalue weighted by molar-refractivity contribution is 5.86. The molecule has 0 aliphatic carbocycles. The number of fused-ring (bicyclic) bond motifs is 1. The first-order valence-electron chi connectivity index (χ1n) is 7.46. The van der Waals surface area contributed by atoms with Gasteiger partial charge in [0, 0.05) is 5.56 Å². The molecular weight excluding hydrogens is 272 g/mol. The molecule has 0 saturated heterocycles. The van der Waals surface area contributed by atoms with Crippen molar-refractivity contribution in [2.24, 2.45) is 7.05 Å². The first-order chi connectivity index (χ1) is 10.4. The standard InChI is InChI=1S/C18H21N4/c1-10-7-11(2)12(3)15(8-10)17-16-18(19-9-22(17)6)21-14(5)13(4)20-16/h7-9H,1-6H3/q+1. The summed E-state index contributed by atoms with van der Waals surface area (Å²) in [6, 6.07) is 4.43. The second-order valence-corrected chi connectivity index (χ2v) is 6.03. The summed E-state index contributed by atoms with van der Waals surface area (Å²) in [6.45, 7) is 10.4. The molecule has 3 rings (SSSR count). The Morgan fingerprint density at radius 3 is 2.32 bits per heavy atom. The predicted molar refractivity (Wildman–Crippen MR) is 87.6 cm³/mol. The molecule has 4 nitrogen and oxygen atoms in total. The van der Waals surface area contributed by atoms with E-state index in [1.54, 1.807) is 0 Å². The minimum Gasteiger partial charge on any atom is -0.241 e. The van der Waals surface area contributed by atoms with Crippen LogP contribution in [0.1, 0.15) is 28.1 Å². The van der Waals surface area contributed by atoms with Gasteiger partial charge in [0.15, 0.2) is 11.2 Å². The molecule has 0 aliphatic rings. The van der Waals surface area contributed by atoms with Crippen LogP contribution in [0.3, 0.4) is 0 Å². The van der Waals surface area contributed by atoms with Crippen molar-refractivity contribution in [1.29, 1.82) is 0 Å². The van der Waals surface area contributed by atoms with Gasteiger partial charge in [0.1, 0.15) is 0 Å². The molecule has 22 heavy (non-hydrogen) atoms. The molecule has 0 amide bonds. The third-order valence-corrected chi connectivity index (χ3v) is 4.29. The summed E-state index contributed by atoms with van der Waals surface area (Å²) in [6.07, 6.45) is 1.82. The number of hydrogen-bond donors (Lipinski definition) is 0. The lowest BCUT2D eigenvalue weighted by Crippen LogP contribution is -2.32. The van der Waals surface area contributed by atoms with E-state index in [0.29, 0.717) is 5.65 Å². The fourth-order valence-corrected chi connectivity index (χ4v) is 2.81. The molecule has 0 atom stereocenters. The van der Waals surface area contributed by atoms with Crippen LogP contribution in [0.5, 0.6) is 0 Å². The smallest absolute Gasteiger partial charge is 0.241 e. The van der Waals surface area contributed by atoms with Crippen LogP contribution in [0, 0.1) is 34.6 Å². The number of benzene rings is 1. The maximum atomic E-state index is 4.77. The Morgan fingerprint density at radius 2 is 1.59 bits per heavy atom. The quantitative estimate of drug-likeness (QED) is 0.648. The van der Waals surface area contributed by atoms with E-state index >= 15 is 0 Å². The second-order valence-electron chi connectivity index (χ2n) is 6.03. The van der Waals surface area contributed by atoms with Gasteiger partial charge in [-0.25, -0.2) is 14.5 Å². The van der Waals surface area contributed by atoms with E-state index in [0.717, 1.165) is 22.6 Å². The van der Waals surface area contributed by atoms with Crippen LogP contribution in [-0.4, -0.2) is 15.0 Å². The molecule has 3 aromatic rings. The topological polar surface area (TPSA) is 42.6 Å². The van der Waals surface area contributed by atoms with Gasteiger partial charge in [-0.15, -0.1) is 0 Å². The molecular formula is C18H21N4+. The van der Waals surface area contributed by atoms with Crippen LogP contribution in [0.15, 0.2) is 18.5 Å². The van der Waals surface area contributed by atoms with Gasteiger partial charge < -0.3 is 0 Å². The monoisotopic (exact) mass is 293 g/mol. The van der Waals surface area contributed by atoms with Gasteiger partial charge in [0.25, 0.3) is 12.0 Å². The molecule has 1 aromatic carbocycles. The molecule has 0 spiro atoms. The van der Waals surface area contributed by atoms with Crippen LogP contribution >= 0.6 is 0 Å². The third kappa shape index (κ3) is 2.25. The zero-order valence-corrected chi connectivity index (χ0v) is 14.0. The highest BCUT2D eigenvalue weighted by Crippen LogP contribution is 2.28. The van der Waals surface area contributed by atoms with Crippen molar-refractivity contribution in [2.45, 2.75) is 34.6 Å². The lowest BCUT2D eigenvalue weighted by Gasteiger charge is -2.12. The van der Waals surface area contributed by atoms with Crippen molar-refractivity contribution in [2.75, 3.05) is 0 Å². The van der Waals surface area contributed by atoms with Crippen LogP contribution in [-0.2, 0) is 7.05 Å². The third-order valence-electron chi connectivity index (χ3n) is 4.29. The number of aryl methyl sites for hydroxylation is 5. The number of hydrogen-bond acceptors (Lipinski definition) is 3. The van der Waals surface area contributed by atoms with Gasteiger partial charge in [-0.05, 0) is 56.8 Å². The summed E-state index contributed by atoms with van der Waals surface area (Å²) in [7, 11) is 2.01. The molecule has 0 aliphatic heterocycles. The Hall–Kier alpha value is -2.36. The molecule has 2 heterocycles. The molecule has 0 bridgehead atoms. The molecule has 0 N–H and O–H groups in total. The van der Waals surface area contributed by atoms with Gasteiger partial charge in [0.05, 0.1) is 18.4 Å². The lowest BCUT2D eigenvalue weighted by molar-refractivity contribution is -0.662. The minimum absolute atomic E-state index is 0.703. The Labute approximate surface area is 130 Å². The number of nitrogens with zero attached hydrogens (tertiary/aromatic N) is 4. The summed E-state index contributed by atoms with van der Waals surface area (Å²) >= 11 is 0. The fourth-order valence-electron chi connectivity index (χ4n) is 2.81. The normalized spacial score (nSPS) is 11.2. The fraction of sp³-hybridized carbons (Fsp3) is 0.333. The van der Waals surface area contributed by atoms with E-state index in [2.05, 4.69) is 42.9 Å². The molecule has 0 radical (unpaired) electrons. The predicted octanol–water partition coefficient (Wildman–Crippen LogP) is 3.06. The van der Waals surface area contributed by atoms with E-state index < -0.39 is 0 Å². The lowest BCUT2D eigenvalue weighted by atomic mass is 9.97. The Morgan fingerprint density at radius 1 is 0.909 bits per heavy atom. The van der Waals surface area contributed by atoms with Gasteiger partial charge in [-0.1, -0.05) is 11.6 Å². The van der Waals surface area contributed by atoms with E-state index in [1.165, 1.54) is 22.3 Å². The van der Waals surface area contributed by atoms with Crippen molar-refractivity contribution in [3.05, 3.63) is 46.5 Å². The van der Waals surface area contributed by atoms with Gasteiger partial charge >= 0.3 is 0 Å². The summed E-state index contributed by atoms with van der Waals surface area (Å²) < 4.78 is 2.03. The average molecular weight is 293 g/mol. The van der Waals surface area contributed by atoms with Gasteiger partial charge in [-0.2, -0.15) is 0 Å². The zero-order chi connectivity index (χ0) is 16.0. The summed E-state index contributed by atoms with van der Waals surface area (Å²) in [5.41, 5.74) is 9.52. The van der Waals surface area contributed by atoms with Crippen molar-refractivity contribution in [1.82, 2.24) is 15.0 Å². The first-order valence-corrected chi connectivity index (χ1v) is 7.46. The van der Waals surface area contributed by atoms with E-state index in [1.807, 2.05) is 31.8 Å². The first kappa shape index (κ1) is 14.6. The summed E-state index contributed by atoms with van der Waals surface area (Å²) in [4.78, 5) is 13.8. The minimum atomic E-state index is 0.703. The van der Waals surface area contributed by atoms with Crippen molar-refractivity contribution in [3.63, 3.8) is 0 Å². The summed E-state index contributed by atoms with van der Waals surface area (Å²) in [5.74, 6) is 0.